The van der Waals surface area contributed by atoms with Crippen LogP contribution in [0.4, 0.5) is 0 Å². The molecule has 2 aliphatic rings. The highest BCUT2D eigenvalue weighted by molar-refractivity contribution is 5.02. The van der Waals surface area contributed by atoms with Gasteiger partial charge in [0.05, 0.1) is 17.9 Å². The van der Waals surface area contributed by atoms with Gasteiger partial charge >= 0.3 is 0 Å². The van der Waals surface area contributed by atoms with Gasteiger partial charge in [0, 0.05) is 32.5 Å². The molecule has 2 saturated heterocycles. The number of likely N-dealkylation sites (N-methyl/N-ethyl adjacent to an activating group) is 1. The van der Waals surface area contributed by atoms with Crippen LogP contribution in [0.1, 0.15) is 25.0 Å². The molecule has 1 aromatic heterocycles. The van der Waals surface area contributed by atoms with Crippen LogP contribution in [-0.2, 0) is 16.1 Å². The Morgan fingerprint density at radius 2 is 2.35 bits per heavy atom. The number of likely N-dealkylation sites (tertiary alicyclic amines) is 1. The van der Waals surface area contributed by atoms with Crippen molar-refractivity contribution in [1.29, 1.82) is 0 Å². The van der Waals surface area contributed by atoms with Gasteiger partial charge in [0.1, 0.15) is 0 Å². The smallest absolute Gasteiger partial charge is 0.0937 e. The van der Waals surface area contributed by atoms with Gasteiger partial charge in [0.25, 0.3) is 0 Å². The molecule has 0 radical (unpaired) electrons. The first-order valence-electron chi connectivity index (χ1n) is 7.56. The summed E-state index contributed by atoms with van der Waals surface area (Å²) < 4.78 is 11.7. The number of nitrogens with zero attached hydrogens (tertiary/aromatic N) is 2. The summed E-state index contributed by atoms with van der Waals surface area (Å²) in [6.45, 7) is 4.56. The van der Waals surface area contributed by atoms with Crippen LogP contribution in [0.5, 0.6) is 0 Å². The fraction of sp³-hybridized carbons (Fsp3) is 0.688. The van der Waals surface area contributed by atoms with E-state index in [-0.39, 0.29) is 5.60 Å². The highest BCUT2D eigenvalue weighted by Crippen LogP contribution is 2.37. The highest BCUT2D eigenvalue weighted by atomic mass is 16.5. The highest BCUT2D eigenvalue weighted by Gasteiger charge is 2.45. The lowest BCUT2D eigenvalue weighted by Crippen LogP contribution is -2.63. The van der Waals surface area contributed by atoms with Gasteiger partial charge in [-0.25, -0.2) is 0 Å². The molecule has 0 amide bonds. The van der Waals surface area contributed by atoms with E-state index in [0.29, 0.717) is 6.61 Å². The first kappa shape index (κ1) is 14.0. The molecule has 0 aromatic carbocycles. The molecule has 1 atom stereocenters. The molecule has 2 aliphatic heterocycles. The molecule has 4 nitrogen and oxygen atoms in total. The molecule has 20 heavy (non-hydrogen) atoms. The number of rotatable bonds is 5. The van der Waals surface area contributed by atoms with Crippen molar-refractivity contribution in [3.63, 3.8) is 0 Å². The van der Waals surface area contributed by atoms with Gasteiger partial charge in [0.15, 0.2) is 0 Å². The zero-order valence-electron chi connectivity index (χ0n) is 12.3. The third-order valence-electron chi connectivity index (χ3n) is 4.36. The van der Waals surface area contributed by atoms with Crippen LogP contribution in [0.2, 0.25) is 0 Å². The number of ether oxygens (including phenoxy) is 2. The molecular weight excluding hydrogens is 252 g/mol. The van der Waals surface area contributed by atoms with Gasteiger partial charge in [-0.05, 0) is 44.4 Å². The van der Waals surface area contributed by atoms with Crippen molar-refractivity contribution in [1.82, 2.24) is 9.88 Å². The summed E-state index contributed by atoms with van der Waals surface area (Å²) in [5.41, 5.74) is 1.18. The Hall–Kier alpha value is -0.970. The van der Waals surface area contributed by atoms with Gasteiger partial charge in [-0.3, -0.25) is 4.98 Å². The van der Waals surface area contributed by atoms with Crippen LogP contribution in [0.25, 0.3) is 0 Å². The number of hydrogen-bond donors (Lipinski definition) is 0. The van der Waals surface area contributed by atoms with Crippen LogP contribution >= 0.6 is 0 Å². The van der Waals surface area contributed by atoms with Gasteiger partial charge < -0.3 is 14.4 Å². The summed E-state index contributed by atoms with van der Waals surface area (Å²) in [5, 5.41) is 0. The zero-order valence-corrected chi connectivity index (χ0v) is 12.3. The topological polar surface area (TPSA) is 34.6 Å². The van der Waals surface area contributed by atoms with E-state index in [4.69, 9.17) is 9.47 Å². The van der Waals surface area contributed by atoms with Gasteiger partial charge in [0.2, 0.25) is 0 Å². The minimum atomic E-state index is 0.165. The number of hydrogen-bond acceptors (Lipinski definition) is 4. The van der Waals surface area contributed by atoms with E-state index in [9.17, 15) is 0 Å². The van der Waals surface area contributed by atoms with E-state index < -0.39 is 0 Å². The van der Waals surface area contributed by atoms with Crippen molar-refractivity contribution in [3.8, 4) is 0 Å². The fourth-order valence-electron chi connectivity index (χ4n) is 3.44. The Morgan fingerprint density at radius 1 is 1.45 bits per heavy atom. The maximum atomic E-state index is 5.99. The second-order valence-electron chi connectivity index (χ2n) is 6.22. The summed E-state index contributed by atoms with van der Waals surface area (Å²) in [5.74, 6) is 0.751. The van der Waals surface area contributed by atoms with E-state index in [1.165, 1.54) is 12.8 Å². The Labute approximate surface area is 121 Å². The molecular formula is C16H24N2O2. The second-order valence-corrected chi connectivity index (χ2v) is 6.22. The monoisotopic (exact) mass is 276 g/mol. The van der Waals surface area contributed by atoms with Crippen molar-refractivity contribution >= 4 is 0 Å². The second kappa shape index (κ2) is 6.20. The van der Waals surface area contributed by atoms with Crippen LogP contribution < -0.4 is 0 Å². The van der Waals surface area contributed by atoms with Crippen LogP contribution in [0, 0.1) is 5.92 Å². The molecule has 110 valence electrons. The first-order valence-corrected chi connectivity index (χ1v) is 7.56. The van der Waals surface area contributed by atoms with E-state index in [1.807, 2.05) is 24.4 Å². The van der Waals surface area contributed by atoms with Crippen molar-refractivity contribution < 1.29 is 9.47 Å². The molecule has 4 heteroatoms. The molecule has 3 heterocycles. The summed E-state index contributed by atoms with van der Waals surface area (Å²) in [6.07, 6.45) is 5.33. The predicted molar refractivity (Wildman–Crippen MR) is 77.4 cm³/mol. The average Bonchev–Trinajstić information content (AvgIpc) is 2.44. The van der Waals surface area contributed by atoms with E-state index in [0.717, 1.165) is 44.3 Å². The van der Waals surface area contributed by atoms with Crippen LogP contribution in [0.15, 0.2) is 24.4 Å². The van der Waals surface area contributed by atoms with Gasteiger partial charge in [-0.15, -0.1) is 0 Å². The zero-order chi connectivity index (χ0) is 13.8. The standard InChI is InChI=1S/C16H24N2O2/c1-18-12-16(13-18)10-14(6-9-20-16)5-8-19-11-15-4-2-3-7-17-15/h2-4,7,14H,5-6,8-13H2,1H3/t14-/m1/s1. The van der Waals surface area contributed by atoms with Crippen molar-refractivity contribution in [2.75, 3.05) is 33.4 Å². The van der Waals surface area contributed by atoms with Crippen LogP contribution in [-0.4, -0.2) is 48.8 Å². The lowest BCUT2D eigenvalue weighted by molar-refractivity contribution is -0.173. The Balaban J connectivity index is 1.36. The SMILES string of the molecule is CN1CC2(C[C@H](CCOCc3ccccn3)CCO2)C1. The Morgan fingerprint density at radius 3 is 3.10 bits per heavy atom. The molecule has 0 aliphatic carbocycles. The predicted octanol–water partition coefficient (Wildman–Crippen LogP) is 2.10. The van der Waals surface area contributed by atoms with E-state index in [2.05, 4.69) is 16.9 Å². The quantitative estimate of drug-likeness (QED) is 0.771. The minimum absolute atomic E-state index is 0.165. The third-order valence-corrected chi connectivity index (χ3v) is 4.36. The van der Waals surface area contributed by atoms with Gasteiger partial charge in [-0.1, -0.05) is 6.07 Å². The largest absolute Gasteiger partial charge is 0.375 e. The number of aromatic nitrogens is 1. The molecule has 1 spiro atoms. The molecule has 0 N–H and O–H groups in total. The normalized spacial score (nSPS) is 25.6. The fourth-order valence-corrected chi connectivity index (χ4v) is 3.44. The maximum Gasteiger partial charge on any atom is 0.0937 e. The summed E-state index contributed by atoms with van der Waals surface area (Å²) in [6, 6.07) is 5.94. The summed E-state index contributed by atoms with van der Waals surface area (Å²) >= 11 is 0. The maximum absolute atomic E-state index is 5.99. The Kier molecular flexibility index (Phi) is 4.34. The lowest BCUT2D eigenvalue weighted by Gasteiger charge is -2.52. The number of pyridine rings is 1. The minimum Gasteiger partial charge on any atom is -0.375 e. The van der Waals surface area contributed by atoms with Gasteiger partial charge in [-0.2, -0.15) is 0 Å². The lowest BCUT2D eigenvalue weighted by atomic mass is 9.79. The third kappa shape index (κ3) is 3.37. The molecule has 0 saturated carbocycles. The molecule has 0 bridgehead atoms. The van der Waals surface area contributed by atoms with E-state index in [1.54, 1.807) is 0 Å². The van der Waals surface area contributed by atoms with E-state index >= 15 is 0 Å². The summed E-state index contributed by atoms with van der Waals surface area (Å²) in [7, 11) is 2.16. The average molecular weight is 276 g/mol. The Bertz CT molecular complexity index is 412. The van der Waals surface area contributed by atoms with Crippen LogP contribution in [0.3, 0.4) is 0 Å². The molecule has 3 rings (SSSR count). The molecule has 2 fully saturated rings. The van der Waals surface area contributed by atoms with Crippen molar-refractivity contribution in [3.05, 3.63) is 30.1 Å². The molecule has 0 unspecified atom stereocenters. The first-order chi connectivity index (χ1) is 9.76. The van der Waals surface area contributed by atoms with Crippen molar-refractivity contribution in [2.45, 2.75) is 31.5 Å². The van der Waals surface area contributed by atoms with Crippen molar-refractivity contribution in [2.24, 2.45) is 5.92 Å². The molecule has 1 aromatic rings. The summed E-state index contributed by atoms with van der Waals surface area (Å²) in [4.78, 5) is 6.60.